The van der Waals surface area contributed by atoms with Crippen LogP contribution in [0.5, 0.6) is 0 Å². The van der Waals surface area contributed by atoms with Gasteiger partial charge in [0.25, 0.3) is 0 Å². The summed E-state index contributed by atoms with van der Waals surface area (Å²) in [6.45, 7) is 2.50. The number of hydrogen-bond acceptors (Lipinski definition) is 4. The van der Waals surface area contributed by atoms with Crippen molar-refractivity contribution < 1.29 is 15.0 Å². The van der Waals surface area contributed by atoms with E-state index < -0.39 is 6.10 Å². The molecule has 5 heteroatoms. The third kappa shape index (κ3) is 3.32. The zero-order chi connectivity index (χ0) is 13.8. The number of amides is 1. The summed E-state index contributed by atoms with van der Waals surface area (Å²) in [5.41, 5.74) is 1.12. The molecule has 0 saturated carbocycles. The highest BCUT2D eigenvalue weighted by Gasteiger charge is 2.40. The van der Waals surface area contributed by atoms with Gasteiger partial charge in [-0.3, -0.25) is 9.69 Å². The highest BCUT2D eigenvalue weighted by Crippen LogP contribution is 2.21. The number of carbonyl (C=O) groups is 1. The lowest BCUT2D eigenvalue weighted by molar-refractivity contribution is -0.120. The summed E-state index contributed by atoms with van der Waals surface area (Å²) < 4.78 is 0. The number of nitrogens with zero attached hydrogens (tertiary/aromatic N) is 1. The van der Waals surface area contributed by atoms with E-state index in [1.807, 2.05) is 35.2 Å². The molecule has 1 aliphatic rings. The topological polar surface area (TPSA) is 72.8 Å². The van der Waals surface area contributed by atoms with Crippen molar-refractivity contribution in [3.8, 4) is 0 Å². The van der Waals surface area contributed by atoms with E-state index in [9.17, 15) is 15.0 Å². The number of likely N-dealkylation sites (tertiary alicyclic amines) is 1. The minimum absolute atomic E-state index is 0.121. The summed E-state index contributed by atoms with van der Waals surface area (Å²) in [4.78, 5) is 13.1. The molecule has 0 spiro atoms. The Kier molecular flexibility index (Phi) is 4.52. The third-order valence-electron chi connectivity index (χ3n) is 3.51. The van der Waals surface area contributed by atoms with E-state index in [1.165, 1.54) is 6.92 Å². The maximum atomic E-state index is 11.1. The van der Waals surface area contributed by atoms with Gasteiger partial charge in [0, 0.05) is 20.0 Å². The van der Waals surface area contributed by atoms with E-state index in [0.29, 0.717) is 13.1 Å². The van der Waals surface area contributed by atoms with Crippen LogP contribution < -0.4 is 5.32 Å². The standard InChI is InChI=1S/C14H20N2O3/c1-10(18)15-12-8-16(13(9-17)14(12)19)7-11-5-3-2-4-6-11/h2-6,12-14,17,19H,7-9H2,1H3,(H,15,18)/t12-,13-,14+/m1/s1. The van der Waals surface area contributed by atoms with Crippen LogP contribution >= 0.6 is 0 Å². The van der Waals surface area contributed by atoms with Crippen LogP contribution in [0.3, 0.4) is 0 Å². The van der Waals surface area contributed by atoms with E-state index in [-0.39, 0.29) is 24.6 Å². The van der Waals surface area contributed by atoms with Gasteiger partial charge >= 0.3 is 0 Å². The van der Waals surface area contributed by atoms with Gasteiger partial charge in [-0.2, -0.15) is 0 Å². The first kappa shape index (κ1) is 14.0. The van der Waals surface area contributed by atoms with Gasteiger partial charge in [-0.05, 0) is 5.56 Å². The molecule has 0 aromatic heterocycles. The lowest BCUT2D eigenvalue weighted by Crippen LogP contribution is -2.44. The van der Waals surface area contributed by atoms with Crippen LogP contribution in [0.2, 0.25) is 0 Å². The molecule has 3 N–H and O–H groups in total. The molecule has 3 atom stereocenters. The molecule has 5 nitrogen and oxygen atoms in total. The Hall–Kier alpha value is -1.43. The number of rotatable bonds is 4. The molecule has 0 radical (unpaired) electrons. The van der Waals surface area contributed by atoms with Crippen LogP contribution in [0.1, 0.15) is 12.5 Å². The summed E-state index contributed by atoms with van der Waals surface area (Å²) in [6, 6.07) is 9.23. The van der Waals surface area contributed by atoms with Gasteiger partial charge < -0.3 is 15.5 Å². The Morgan fingerprint density at radius 1 is 1.42 bits per heavy atom. The molecule has 104 valence electrons. The average Bonchev–Trinajstić information content (AvgIpc) is 2.66. The van der Waals surface area contributed by atoms with E-state index in [1.54, 1.807) is 0 Å². The monoisotopic (exact) mass is 264 g/mol. The van der Waals surface area contributed by atoms with Crippen LogP contribution in [0.25, 0.3) is 0 Å². The third-order valence-corrected chi connectivity index (χ3v) is 3.51. The molecule has 1 aliphatic heterocycles. The van der Waals surface area contributed by atoms with Gasteiger partial charge in [0.1, 0.15) is 0 Å². The predicted octanol–water partition coefficient (Wildman–Crippen LogP) is -0.271. The number of nitrogens with one attached hydrogen (secondary N) is 1. The molecule has 2 rings (SSSR count). The van der Waals surface area contributed by atoms with E-state index in [4.69, 9.17) is 0 Å². The van der Waals surface area contributed by atoms with E-state index in [0.717, 1.165) is 5.56 Å². The van der Waals surface area contributed by atoms with Crippen molar-refractivity contribution >= 4 is 5.91 Å². The lowest BCUT2D eigenvalue weighted by Gasteiger charge is -2.23. The van der Waals surface area contributed by atoms with Gasteiger partial charge in [-0.25, -0.2) is 0 Å². The summed E-state index contributed by atoms with van der Waals surface area (Å²) >= 11 is 0. The molecule has 19 heavy (non-hydrogen) atoms. The average molecular weight is 264 g/mol. The molecular formula is C14H20N2O3. The largest absolute Gasteiger partial charge is 0.395 e. The molecule has 1 heterocycles. The SMILES string of the molecule is CC(=O)N[C@@H]1CN(Cc2ccccc2)[C@H](CO)[C@H]1O. The van der Waals surface area contributed by atoms with Crippen LogP contribution in [-0.4, -0.2) is 52.4 Å². The second-order valence-electron chi connectivity index (χ2n) is 4.96. The smallest absolute Gasteiger partial charge is 0.217 e. The summed E-state index contributed by atoms with van der Waals surface area (Å²) in [6.07, 6.45) is -0.738. The maximum Gasteiger partial charge on any atom is 0.217 e. The molecular weight excluding hydrogens is 244 g/mol. The molecule has 1 amide bonds. The Balaban J connectivity index is 2.05. The van der Waals surface area contributed by atoms with Crippen molar-refractivity contribution in [2.24, 2.45) is 0 Å². The van der Waals surface area contributed by atoms with E-state index in [2.05, 4.69) is 5.32 Å². The predicted molar refractivity (Wildman–Crippen MR) is 71.3 cm³/mol. The van der Waals surface area contributed by atoms with Gasteiger partial charge in [0.15, 0.2) is 0 Å². The fourth-order valence-electron chi connectivity index (χ4n) is 2.60. The lowest BCUT2D eigenvalue weighted by atomic mass is 10.1. The van der Waals surface area contributed by atoms with Gasteiger partial charge in [0.05, 0.1) is 24.8 Å². The van der Waals surface area contributed by atoms with Crippen molar-refractivity contribution in [2.75, 3.05) is 13.2 Å². The zero-order valence-corrected chi connectivity index (χ0v) is 11.0. The van der Waals surface area contributed by atoms with Crippen molar-refractivity contribution in [3.63, 3.8) is 0 Å². The molecule has 0 aliphatic carbocycles. The minimum Gasteiger partial charge on any atom is -0.395 e. The summed E-state index contributed by atoms with van der Waals surface area (Å²) in [5.74, 6) is -0.165. The highest BCUT2D eigenvalue weighted by molar-refractivity contribution is 5.73. The Morgan fingerprint density at radius 3 is 2.68 bits per heavy atom. The molecule has 1 aromatic carbocycles. The molecule has 1 fully saturated rings. The zero-order valence-electron chi connectivity index (χ0n) is 11.0. The van der Waals surface area contributed by atoms with Gasteiger partial charge in [-0.1, -0.05) is 30.3 Å². The first-order valence-electron chi connectivity index (χ1n) is 6.46. The van der Waals surface area contributed by atoms with Crippen LogP contribution in [0, 0.1) is 0 Å². The van der Waals surface area contributed by atoms with Gasteiger partial charge in [-0.15, -0.1) is 0 Å². The van der Waals surface area contributed by atoms with Crippen molar-refractivity contribution in [1.82, 2.24) is 10.2 Å². The normalized spacial score (nSPS) is 27.4. The molecule has 1 aromatic rings. The Morgan fingerprint density at radius 2 is 2.11 bits per heavy atom. The Labute approximate surface area is 112 Å². The highest BCUT2D eigenvalue weighted by atomic mass is 16.3. The second kappa shape index (κ2) is 6.14. The number of hydrogen-bond donors (Lipinski definition) is 3. The maximum absolute atomic E-state index is 11.1. The first-order valence-corrected chi connectivity index (χ1v) is 6.46. The fraction of sp³-hybridized carbons (Fsp3) is 0.500. The molecule has 0 unspecified atom stereocenters. The van der Waals surface area contributed by atoms with E-state index >= 15 is 0 Å². The van der Waals surface area contributed by atoms with Crippen LogP contribution in [0.4, 0.5) is 0 Å². The minimum atomic E-state index is -0.738. The van der Waals surface area contributed by atoms with Gasteiger partial charge in [0.2, 0.25) is 5.91 Å². The van der Waals surface area contributed by atoms with Crippen LogP contribution in [0.15, 0.2) is 30.3 Å². The quantitative estimate of drug-likeness (QED) is 0.700. The molecule has 1 saturated heterocycles. The van der Waals surface area contributed by atoms with Crippen molar-refractivity contribution in [1.29, 1.82) is 0 Å². The second-order valence-corrected chi connectivity index (χ2v) is 4.96. The number of carbonyl (C=O) groups excluding carboxylic acids is 1. The number of aliphatic hydroxyl groups is 2. The summed E-state index contributed by atoms with van der Waals surface area (Å²) in [5, 5.41) is 22.3. The fourth-order valence-corrected chi connectivity index (χ4v) is 2.60. The van der Waals surface area contributed by atoms with Crippen molar-refractivity contribution in [2.45, 2.75) is 31.7 Å². The first-order chi connectivity index (χ1) is 9.11. The summed E-state index contributed by atoms with van der Waals surface area (Å²) in [7, 11) is 0. The van der Waals surface area contributed by atoms with Crippen LogP contribution in [-0.2, 0) is 11.3 Å². The molecule has 0 bridgehead atoms. The number of aliphatic hydroxyl groups excluding tert-OH is 2. The van der Waals surface area contributed by atoms with Crippen molar-refractivity contribution in [3.05, 3.63) is 35.9 Å². The Bertz CT molecular complexity index is 424. The number of benzene rings is 1.